The van der Waals surface area contributed by atoms with Crippen LogP contribution in [0.15, 0.2) is 59.7 Å². The van der Waals surface area contributed by atoms with Crippen molar-refractivity contribution in [1.29, 1.82) is 0 Å². The summed E-state index contributed by atoms with van der Waals surface area (Å²) < 4.78 is 20.1. The third kappa shape index (κ3) is 4.46. The molecule has 0 unspecified atom stereocenters. The fourth-order valence-electron chi connectivity index (χ4n) is 3.17. The minimum atomic E-state index is -0.437. The molecule has 0 aliphatic carbocycles. The monoisotopic (exact) mass is 407 g/mol. The van der Waals surface area contributed by atoms with E-state index >= 15 is 0 Å². The number of carbonyl (C=O) groups excluding carboxylic acids is 2. The highest BCUT2D eigenvalue weighted by Gasteiger charge is 2.17. The summed E-state index contributed by atoms with van der Waals surface area (Å²) >= 11 is 0. The number of hydrogen-bond acceptors (Lipinski definition) is 4. The average molecular weight is 407 g/mol. The van der Waals surface area contributed by atoms with Crippen molar-refractivity contribution in [3.8, 4) is 5.69 Å². The molecule has 0 aliphatic heterocycles. The van der Waals surface area contributed by atoms with Gasteiger partial charge in [-0.2, -0.15) is 5.10 Å². The Bertz CT molecular complexity index is 1100. The molecule has 0 saturated heterocycles. The molecular weight excluding hydrogens is 385 g/mol. The number of para-hydroxylation sites is 1. The fraction of sp³-hybridized carbons (Fsp3) is 0.174. The SMILES string of the molecule is CCOC(=O)c1ccccc1-n1c(C)cc(/C=N\NC(=O)c2ccc(F)cc2)c1C. The zero-order valence-electron chi connectivity index (χ0n) is 17.0. The summed E-state index contributed by atoms with van der Waals surface area (Å²) in [6.45, 7) is 5.88. The van der Waals surface area contributed by atoms with Crippen LogP contribution in [-0.4, -0.2) is 29.3 Å². The van der Waals surface area contributed by atoms with Crippen molar-refractivity contribution in [1.82, 2.24) is 9.99 Å². The third-order valence-electron chi connectivity index (χ3n) is 4.59. The lowest BCUT2D eigenvalue weighted by Gasteiger charge is -2.14. The molecule has 0 fully saturated rings. The maximum Gasteiger partial charge on any atom is 0.340 e. The van der Waals surface area contributed by atoms with Crippen molar-refractivity contribution in [2.24, 2.45) is 5.10 Å². The summed E-state index contributed by atoms with van der Waals surface area (Å²) in [7, 11) is 0. The van der Waals surface area contributed by atoms with Crippen molar-refractivity contribution in [2.75, 3.05) is 6.61 Å². The Kier molecular flexibility index (Phi) is 6.41. The van der Waals surface area contributed by atoms with Crippen LogP contribution < -0.4 is 5.43 Å². The zero-order valence-corrected chi connectivity index (χ0v) is 17.0. The lowest BCUT2D eigenvalue weighted by atomic mass is 10.1. The molecule has 7 heteroatoms. The molecule has 0 bridgehead atoms. The zero-order chi connectivity index (χ0) is 21.7. The normalized spacial score (nSPS) is 10.9. The summed E-state index contributed by atoms with van der Waals surface area (Å²) in [5, 5.41) is 4.01. The van der Waals surface area contributed by atoms with Gasteiger partial charge < -0.3 is 9.30 Å². The largest absolute Gasteiger partial charge is 0.462 e. The first kappa shape index (κ1) is 21.0. The number of amides is 1. The molecule has 3 rings (SSSR count). The van der Waals surface area contributed by atoms with Gasteiger partial charge in [-0.3, -0.25) is 4.79 Å². The fourth-order valence-corrected chi connectivity index (χ4v) is 3.17. The molecule has 1 aromatic heterocycles. The van der Waals surface area contributed by atoms with Crippen molar-refractivity contribution < 1.29 is 18.7 Å². The summed E-state index contributed by atoms with van der Waals surface area (Å²) in [6, 6.07) is 14.3. The first-order valence-electron chi connectivity index (χ1n) is 9.46. The maximum atomic E-state index is 13.0. The van der Waals surface area contributed by atoms with Gasteiger partial charge in [0.2, 0.25) is 0 Å². The molecule has 6 nitrogen and oxygen atoms in total. The highest BCUT2D eigenvalue weighted by atomic mass is 19.1. The summed E-state index contributed by atoms with van der Waals surface area (Å²) in [5.41, 5.74) is 6.45. The van der Waals surface area contributed by atoms with Crippen LogP contribution in [0.25, 0.3) is 5.69 Å². The van der Waals surface area contributed by atoms with E-state index in [2.05, 4.69) is 10.5 Å². The van der Waals surface area contributed by atoms with Crippen LogP contribution in [0.3, 0.4) is 0 Å². The van der Waals surface area contributed by atoms with E-state index in [0.717, 1.165) is 17.0 Å². The van der Waals surface area contributed by atoms with E-state index in [4.69, 9.17) is 4.74 Å². The van der Waals surface area contributed by atoms with E-state index in [9.17, 15) is 14.0 Å². The van der Waals surface area contributed by atoms with E-state index in [1.165, 1.54) is 30.5 Å². The summed E-state index contributed by atoms with van der Waals surface area (Å²) in [5.74, 6) is -1.24. The predicted molar refractivity (Wildman–Crippen MR) is 113 cm³/mol. The predicted octanol–water partition coefficient (Wildman–Crippen LogP) is 4.17. The molecule has 1 amide bonds. The first-order chi connectivity index (χ1) is 14.4. The van der Waals surface area contributed by atoms with Crippen molar-refractivity contribution in [3.05, 3.63) is 88.5 Å². The molecule has 0 spiro atoms. The Balaban J connectivity index is 1.85. The number of hydrogen-bond donors (Lipinski definition) is 1. The van der Waals surface area contributed by atoms with Gasteiger partial charge in [-0.1, -0.05) is 12.1 Å². The van der Waals surface area contributed by atoms with Gasteiger partial charge in [0, 0.05) is 22.5 Å². The molecule has 154 valence electrons. The molecule has 2 aromatic carbocycles. The van der Waals surface area contributed by atoms with Crippen LogP contribution in [0.5, 0.6) is 0 Å². The van der Waals surface area contributed by atoms with E-state index in [1.807, 2.05) is 36.6 Å². The Morgan fingerprint density at radius 1 is 1.13 bits per heavy atom. The highest BCUT2D eigenvalue weighted by Crippen LogP contribution is 2.23. The van der Waals surface area contributed by atoms with E-state index < -0.39 is 11.7 Å². The molecule has 0 saturated carbocycles. The number of benzene rings is 2. The maximum absolute atomic E-state index is 13.0. The Hall–Kier alpha value is -3.74. The van der Waals surface area contributed by atoms with Crippen LogP contribution in [0, 0.1) is 19.7 Å². The van der Waals surface area contributed by atoms with Crippen LogP contribution in [0.2, 0.25) is 0 Å². The lowest BCUT2D eigenvalue weighted by Crippen LogP contribution is -2.17. The number of nitrogens with one attached hydrogen (secondary N) is 1. The highest BCUT2D eigenvalue weighted by molar-refractivity contribution is 5.95. The minimum Gasteiger partial charge on any atom is -0.462 e. The van der Waals surface area contributed by atoms with E-state index in [-0.39, 0.29) is 5.97 Å². The lowest BCUT2D eigenvalue weighted by molar-refractivity contribution is 0.0526. The van der Waals surface area contributed by atoms with Gasteiger partial charge in [-0.15, -0.1) is 0 Å². The van der Waals surface area contributed by atoms with E-state index in [0.29, 0.717) is 23.4 Å². The second-order valence-electron chi connectivity index (χ2n) is 6.61. The third-order valence-corrected chi connectivity index (χ3v) is 4.59. The number of ether oxygens (including phenoxy) is 1. The number of aromatic nitrogens is 1. The number of aryl methyl sites for hydroxylation is 1. The Morgan fingerprint density at radius 2 is 1.83 bits per heavy atom. The number of hydrazone groups is 1. The van der Waals surface area contributed by atoms with Crippen LogP contribution in [0.4, 0.5) is 4.39 Å². The minimum absolute atomic E-state index is 0.294. The molecule has 0 radical (unpaired) electrons. The quantitative estimate of drug-likeness (QED) is 0.379. The van der Waals surface area contributed by atoms with Crippen molar-refractivity contribution in [3.63, 3.8) is 0 Å². The molecule has 3 aromatic rings. The second kappa shape index (κ2) is 9.17. The van der Waals surface area contributed by atoms with Crippen molar-refractivity contribution in [2.45, 2.75) is 20.8 Å². The number of esters is 1. The second-order valence-corrected chi connectivity index (χ2v) is 6.61. The van der Waals surface area contributed by atoms with Gasteiger partial charge in [-0.25, -0.2) is 14.6 Å². The van der Waals surface area contributed by atoms with Gasteiger partial charge in [0.05, 0.1) is 24.1 Å². The molecule has 30 heavy (non-hydrogen) atoms. The van der Waals surface area contributed by atoms with Crippen LogP contribution in [-0.2, 0) is 4.74 Å². The molecular formula is C23H22FN3O3. The standard InChI is InChI=1S/C23H22FN3O3/c1-4-30-23(29)20-7-5-6-8-21(20)27-15(2)13-18(16(27)3)14-25-26-22(28)17-9-11-19(24)12-10-17/h5-14H,4H2,1-3H3,(H,26,28)/b25-14-. The molecule has 0 atom stereocenters. The molecule has 0 aliphatic rings. The smallest absolute Gasteiger partial charge is 0.340 e. The number of carbonyl (C=O) groups is 2. The van der Waals surface area contributed by atoms with Gasteiger partial charge in [0.1, 0.15) is 5.82 Å². The van der Waals surface area contributed by atoms with Gasteiger partial charge in [0.15, 0.2) is 0 Å². The van der Waals surface area contributed by atoms with Gasteiger partial charge >= 0.3 is 5.97 Å². The average Bonchev–Trinajstić information content (AvgIpc) is 3.01. The van der Waals surface area contributed by atoms with Gasteiger partial charge in [-0.05, 0) is 63.2 Å². The number of nitrogens with zero attached hydrogens (tertiary/aromatic N) is 2. The number of halogens is 1. The van der Waals surface area contributed by atoms with Gasteiger partial charge in [0.25, 0.3) is 5.91 Å². The molecule has 1 N–H and O–H groups in total. The van der Waals surface area contributed by atoms with E-state index in [1.54, 1.807) is 19.1 Å². The summed E-state index contributed by atoms with van der Waals surface area (Å²) in [6.07, 6.45) is 1.53. The number of rotatable bonds is 6. The van der Waals surface area contributed by atoms with Crippen LogP contribution in [0.1, 0.15) is 44.6 Å². The molecule has 1 heterocycles. The summed E-state index contributed by atoms with van der Waals surface area (Å²) in [4.78, 5) is 24.4. The Labute approximate surface area is 174 Å². The first-order valence-corrected chi connectivity index (χ1v) is 9.46. The van der Waals surface area contributed by atoms with Crippen molar-refractivity contribution >= 4 is 18.1 Å². The topological polar surface area (TPSA) is 72.7 Å². The van der Waals surface area contributed by atoms with Crippen LogP contribution >= 0.6 is 0 Å². The Morgan fingerprint density at radius 3 is 2.53 bits per heavy atom.